The first-order chi connectivity index (χ1) is 14.9. The van der Waals surface area contributed by atoms with Crippen molar-refractivity contribution in [1.82, 2.24) is 5.32 Å². The minimum Gasteiger partial charge on any atom is -0.453 e. The van der Waals surface area contributed by atoms with E-state index in [1.807, 2.05) is 38.1 Å². The number of hydrogen-bond acceptors (Lipinski definition) is 4. The number of aliphatic hydroxyl groups is 1. The molecule has 0 aliphatic rings. The van der Waals surface area contributed by atoms with Crippen molar-refractivity contribution in [3.05, 3.63) is 107 Å². The molecule has 0 radical (unpaired) electrons. The summed E-state index contributed by atoms with van der Waals surface area (Å²) >= 11 is 0. The molecule has 0 saturated heterocycles. The van der Waals surface area contributed by atoms with Crippen LogP contribution in [-0.4, -0.2) is 23.6 Å². The summed E-state index contributed by atoms with van der Waals surface area (Å²) in [5, 5.41) is 14.3. The number of rotatable bonds is 8. The van der Waals surface area contributed by atoms with Crippen LogP contribution in [0.5, 0.6) is 0 Å². The molecule has 31 heavy (non-hydrogen) atoms. The number of aryl methyl sites for hydroxylation is 1. The standard InChI is InChI=1S/C26H27NO4/c1-3-23(20-16-14-19(2)15-17-20)27-24(28)18-31-25(29)26(30,21-10-6-4-7-11-21)22-12-8-5-9-13-22/h4-17,23,30H,3,18H2,1-2H3,(H,27,28)/t23-/m1/s1. The predicted molar refractivity (Wildman–Crippen MR) is 119 cm³/mol. The molecule has 3 rings (SSSR count). The molecule has 1 atom stereocenters. The smallest absolute Gasteiger partial charge is 0.348 e. The molecule has 3 aromatic rings. The topological polar surface area (TPSA) is 75.6 Å². The van der Waals surface area contributed by atoms with Crippen molar-refractivity contribution < 1.29 is 19.4 Å². The van der Waals surface area contributed by atoms with Crippen molar-refractivity contribution in [2.45, 2.75) is 31.9 Å². The molecule has 0 aliphatic heterocycles. The molecule has 1 amide bonds. The Morgan fingerprint density at radius 1 is 0.903 bits per heavy atom. The van der Waals surface area contributed by atoms with Crippen LogP contribution in [0.1, 0.15) is 41.6 Å². The van der Waals surface area contributed by atoms with Crippen molar-refractivity contribution in [3.8, 4) is 0 Å². The number of carbonyl (C=O) groups excluding carboxylic acids is 2. The van der Waals surface area contributed by atoms with Crippen LogP contribution >= 0.6 is 0 Å². The minimum atomic E-state index is -2.01. The van der Waals surface area contributed by atoms with Gasteiger partial charge in [-0.1, -0.05) is 97.4 Å². The second-order valence-corrected chi connectivity index (χ2v) is 7.46. The predicted octanol–water partition coefficient (Wildman–Crippen LogP) is 4.04. The Hall–Kier alpha value is -3.44. The molecule has 0 fully saturated rings. The zero-order valence-electron chi connectivity index (χ0n) is 17.7. The molecule has 5 nitrogen and oxygen atoms in total. The largest absolute Gasteiger partial charge is 0.453 e. The summed E-state index contributed by atoms with van der Waals surface area (Å²) in [7, 11) is 0. The monoisotopic (exact) mass is 417 g/mol. The van der Waals surface area contributed by atoms with Crippen LogP contribution in [0.25, 0.3) is 0 Å². The summed E-state index contributed by atoms with van der Waals surface area (Å²) in [6.07, 6.45) is 0.695. The Kier molecular flexibility index (Phi) is 7.21. The summed E-state index contributed by atoms with van der Waals surface area (Å²) in [6, 6.07) is 24.9. The first-order valence-corrected chi connectivity index (χ1v) is 10.3. The normalized spacial score (nSPS) is 12.1. The zero-order chi connectivity index (χ0) is 22.3. The number of ether oxygens (including phenoxy) is 1. The van der Waals surface area contributed by atoms with Gasteiger partial charge in [-0.2, -0.15) is 0 Å². The summed E-state index contributed by atoms with van der Waals surface area (Å²) in [4.78, 5) is 25.5. The van der Waals surface area contributed by atoms with Crippen LogP contribution in [0.3, 0.4) is 0 Å². The first-order valence-electron chi connectivity index (χ1n) is 10.3. The van der Waals surface area contributed by atoms with Gasteiger partial charge < -0.3 is 15.2 Å². The minimum absolute atomic E-state index is 0.186. The van der Waals surface area contributed by atoms with Crippen LogP contribution in [0.15, 0.2) is 84.9 Å². The SMILES string of the molecule is CC[C@@H](NC(=O)COC(=O)C(O)(c1ccccc1)c1ccccc1)c1ccc(C)cc1. The maximum absolute atomic E-state index is 13.0. The maximum atomic E-state index is 13.0. The fourth-order valence-corrected chi connectivity index (χ4v) is 3.45. The summed E-state index contributed by atoms with van der Waals surface area (Å²) in [5.41, 5.74) is 0.859. The van der Waals surface area contributed by atoms with Gasteiger partial charge in [-0.3, -0.25) is 4.79 Å². The molecule has 0 bridgehead atoms. The fraction of sp³-hybridized carbons (Fsp3) is 0.231. The third kappa shape index (κ3) is 5.19. The van der Waals surface area contributed by atoms with E-state index in [2.05, 4.69) is 5.32 Å². The second kappa shape index (κ2) is 10.0. The number of nitrogens with one attached hydrogen (secondary N) is 1. The lowest BCUT2D eigenvalue weighted by Gasteiger charge is -2.27. The summed E-state index contributed by atoms with van der Waals surface area (Å²) < 4.78 is 5.28. The van der Waals surface area contributed by atoms with Gasteiger partial charge in [0, 0.05) is 0 Å². The molecule has 0 spiro atoms. The molecule has 3 aromatic carbocycles. The van der Waals surface area contributed by atoms with Crippen LogP contribution in [0, 0.1) is 6.92 Å². The molecular formula is C26H27NO4. The van der Waals surface area contributed by atoms with E-state index in [1.165, 1.54) is 0 Å². The van der Waals surface area contributed by atoms with Crippen LogP contribution in [0.2, 0.25) is 0 Å². The molecular weight excluding hydrogens is 390 g/mol. The molecule has 0 unspecified atom stereocenters. The average molecular weight is 418 g/mol. The lowest BCUT2D eigenvalue weighted by Crippen LogP contribution is -2.41. The van der Waals surface area contributed by atoms with Gasteiger partial charge in [0.15, 0.2) is 6.61 Å². The summed E-state index contributed by atoms with van der Waals surface area (Å²) in [6.45, 7) is 3.49. The lowest BCUT2D eigenvalue weighted by molar-refractivity contribution is -0.164. The van der Waals surface area contributed by atoms with Gasteiger partial charge in [0.2, 0.25) is 5.60 Å². The molecule has 0 aromatic heterocycles. The number of amides is 1. The maximum Gasteiger partial charge on any atom is 0.348 e. The van der Waals surface area contributed by atoms with Crippen molar-refractivity contribution >= 4 is 11.9 Å². The quantitative estimate of drug-likeness (QED) is 0.543. The third-order valence-electron chi connectivity index (χ3n) is 5.24. The van der Waals surface area contributed by atoms with Gasteiger partial charge in [0.05, 0.1) is 6.04 Å². The Morgan fingerprint density at radius 2 is 1.42 bits per heavy atom. The highest BCUT2D eigenvalue weighted by Crippen LogP contribution is 2.31. The average Bonchev–Trinajstić information content (AvgIpc) is 2.82. The van der Waals surface area contributed by atoms with E-state index in [-0.39, 0.29) is 6.04 Å². The van der Waals surface area contributed by atoms with Crippen LogP contribution in [-0.2, 0) is 19.9 Å². The molecule has 0 saturated carbocycles. The van der Waals surface area contributed by atoms with E-state index in [9.17, 15) is 14.7 Å². The van der Waals surface area contributed by atoms with Gasteiger partial charge in [-0.05, 0) is 30.0 Å². The van der Waals surface area contributed by atoms with Crippen LogP contribution in [0.4, 0.5) is 0 Å². The number of esters is 1. The fourth-order valence-electron chi connectivity index (χ4n) is 3.45. The number of carbonyl (C=O) groups is 2. The second-order valence-electron chi connectivity index (χ2n) is 7.46. The van der Waals surface area contributed by atoms with Gasteiger partial charge >= 0.3 is 5.97 Å². The Labute approximate surface area is 182 Å². The van der Waals surface area contributed by atoms with E-state index >= 15 is 0 Å². The van der Waals surface area contributed by atoms with E-state index < -0.39 is 24.1 Å². The van der Waals surface area contributed by atoms with E-state index in [0.29, 0.717) is 17.5 Å². The van der Waals surface area contributed by atoms with Gasteiger partial charge in [0.25, 0.3) is 5.91 Å². The van der Waals surface area contributed by atoms with E-state index in [0.717, 1.165) is 11.1 Å². The van der Waals surface area contributed by atoms with Gasteiger partial charge in [-0.25, -0.2) is 4.79 Å². The van der Waals surface area contributed by atoms with Crippen LogP contribution < -0.4 is 5.32 Å². The van der Waals surface area contributed by atoms with E-state index in [1.54, 1.807) is 60.7 Å². The highest BCUT2D eigenvalue weighted by molar-refractivity contribution is 5.88. The Bertz CT molecular complexity index is 961. The highest BCUT2D eigenvalue weighted by Gasteiger charge is 2.41. The molecule has 2 N–H and O–H groups in total. The van der Waals surface area contributed by atoms with Crippen molar-refractivity contribution in [1.29, 1.82) is 0 Å². The van der Waals surface area contributed by atoms with E-state index in [4.69, 9.17) is 4.74 Å². The molecule has 0 aliphatic carbocycles. The first kappa shape index (κ1) is 22.2. The third-order valence-corrected chi connectivity index (χ3v) is 5.24. The zero-order valence-corrected chi connectivity index (χ0v) is 17.7. The van der Waals surface area contributed by atoms with Crippen molar-refractivity contribution in [2.24, 2.45) is 0 Å². The summed E-state index contributed by atoms with van der Waals surface area (Å²) in [5.74, 6) is -1.33. The van der Waals surface area contributed by atoms with Gasteiger partial charge in [0.1, 0.15) is 0 Å². The lowest BCUT2D eigenvalue weighted by atomic mass is 9.86. The number of benzene rings is 3. The molecule has 0 heterocycles. The Morgan fingerprint density at radius 3 is 1.90 bits per heavy atom. The number of hydrogen-bond donors (Lipinski definition) is 2. The van der Waals surface area contributed by atoms with Crippen molar-refractivity contribution in [3.63, 3.8) is 0 Å². The van der Waals surface area contributed by atoms with Crippen molar-refractivity contribution in [2.75, 3.05) is 6.61 Å². The Balaban J connectivity index is 1.72. The highest BCUT2D eigenvalue weighted by atomic mass is 16.6. The molecule has 160 valence electrons. The molecule has 5 heteroatoms. The van der Waals surface area contributed by atoms with Gasteiger partial charge in [-0.15, -0.1) is 0 Å².